The highest BCUT2D eigenvalue weighted by Gasteiger charge is 2.21. The van der Waals surface area contributed by atoms with E-state index in [2.05, 4.69) is 21.3 Å². The number of carboxylic acids is 1. The summed E-state index contributed by atoms with van der Waals surface area (Å²) in [6.07, 6.45) is 14.3. The molecular weight excluding hydrogens is 664 g/mol. The molecule has 0 heterocycles. The Bertz CT molecular complexity index is 952. The van der Waals surface area contributed by atoms with Gasteiger partial charge in [0.1, 0.15) is 25.0 Å². The van der Waals surface area contributed by atoms with Gasteiger partial charge in [0.25, 0.3) is 0 Å². The van der Waals surface area contributed by atoms with Crippen molar-refractivity contribution in [1.82, 2.24) is 21.3 Å². The van der Waals surface area contributed by atoms with Crippen LogP contribution in [0.1, 0.15) is 117 Å². The Morgan fingerprint density at radius 1 is 0.510 bits per heavy atom. The van der Waals surface area contributed by atoms with Gasteiger partial charge in [-0.05, 0) is 32.6 Å². The highest BCUT2D eigenvalue weighted by Crippen LogP contribution is 2.12. The number of Topliss-reactive ketones (excluding diaryl/α,β-unsaturated/α-hetero) is 1. The van der Waals surface area contributed by atoms with Gasteiger partial charge in [-0.15, -0.1) is 0 Å². The standard InChI is InChI=1S/C36H66N4O11/c1-3-4-19-37-33(43)18-17-31(36(46)47)40-35(45)29-51-27-25-49-23-21-39-34(44)28-50-26-24-48-22-20-38-32(42)16-14-12-10-8-6-5-7-9-11-13-15-30(2)41/h31H,3-29H2,1-2H3,(H,37,43)(H,38,42)(H,39,44)(H,40,45)(H,46,47)/t31-/m0/s1. The number of hydrogen-bond acceptors (Lipinski definition) is 10. The van der Waals surface area contributed by atoms with E-state index in [1.807, 2.05) is 6.92 Å². The topological polar surface area (TPSA) is 208 Å². The zero-order valence-corrected chi connectivity index (χ0v) is 31.2. The fraction of sp³-hybridized carbons (Fsp3) is 0.833. The lowest BCUT2D eigenvalue weighted by Gasteiger charge is -2.14. The van der Waals surface area contributed by atoms with Gasteiger partial charge in [0, 0.05) is 38.9 Å². The molecule has 296 valence electrons. The third-order valence-electron chi connectivity index (χ3n) is 7.68. The maximum Gasteiger partial charge on any atom is 0.326 e. The smallest absolute Gasteiger partial charge is 0.326 e. The van der Waals surface area contributed by atoms with E-state index in [-0.39, 0.29) is 82.5 Å². The van der Waals surface area contributed by atoms with Crippen molar-refractivity contribution < 1.29 is 52.8 Å². The Hall–Kier alpha value is -3.14. The molecule has 0 aromatic carbocycles. The monoisotopic (exact) mass is 730 g/mol. The lowest BCUT2D eigenvalue weighted by molar-refractivity contribution is -0.143. The number of ketones is 1. The summed E-state index contributed by atoms with van der Waals surface area (Å²) in [7, 11) is 0. The summed E-state index contributed by atoms with van der Waals surface area (Å²) in [5, 5.41) is 19.8. The number of carbonyl (C=O) groups is 6. The normalized spacial score (nSPS) is 11.5. The number of aliphatic carboxylic acids is 1. The fourth-order valence-corrected chi connectivity index (χ4v) is 4.77. The first-order chi connectivity index (χ1) is 24.6. The Morgan fingerprint density at radius 3 is 1.49 bits per heavy atom. The summed E-state index contributed by atoms with van der Waals surface area (Å²) in [6, 6.07) is -1.19. The quantitative estimate of drug-likeness (QED) is 0.0588. The highest BCUT2D eigenvalue weighted by molar-refractivity contribution is 5.85. The molecule has 0 radical (unpaired) electrons. The number of ether oxygens (including phenoxy) is 4. The van der Waals surface area contributed by atoms with E-state index >= 15 is 0 Å². The lowest BCUT2D eigenvalue weighted by atomic mass is 10.0. The van der Waals surface area contributed by atoms with Crippen molar-refractivity contribution in [2.45, 2.75) is 123 Å². The number of unbranched alkanes of at least 4 members (excludes halogenated alkanes) is 10. The predicted molar refractivity (Wildman–Crippen MR) is 192 cm³/mol. The summed E-state index contributed by atoms with van der Waals surface area (Å²) in [5.74, 6) is -2.09. The molecule has 0 aromatic rings. The SMILES string of the molecule is CCCCNC(=O)CC[C@H](NC(=O)COCCOCCNC(=O)COCCOCCNC(=O)CCCCCCCCCCCCC(C)=O)C(=O)O. The largest absolute Gasteiger partial charge is 0.480 e. The van der Waals surface area contributed by atoms with Crippen LogP contribution < -0.4 is 21.3 Å². The van der Waals surface area contributed by atoms with Crippen LogP contribution in [0.3, 0.4) is 0 Å². The molecule has 15 nitrogen and oxygen atoms in total. The Balaban J connectivity index is 3.53. The van der Waals surface area contributed by atoms with Gasteiger partial charge in [0.05, 0.1) is 39.6 Å². The van der Waals surface area contributed by atoms with Crippen LogP contribution in [0.5, 0.6) is 0 Å². The average molecular weight is 731 g/mol. The van der Waals surface area contributed by atoms with Gasteiger partial charge in [-0.1, -0.05) is 64.7 Å². The van der Waals surface area contributed by atoms with E-state index in [0.717, 1.165) is 44.9 Å². The van der Waals surface area contributed by atoms with Crippen molar-refractivity contribution in [3.05, 3.63) is 0 Å². The lowest BCUT2D eigenvalue weighted by Crippen LogP contribution is -2.43. The first-order valence-corrected chi connectivity index (χ1v) is 18.8. The maximum atomic E-state index is 12.0. The van der Waals surface area contributed by atoms with Crippen LogP contribution in [-0.4, -0.2) is 119 Å². The van der Waals surface area contributed by atoms with E-state index < -0.39 is 17.9 Å². The summed E-state index contributed by atoms with van der Waals surface area (Å²) >= 11 is 0. The number of hydrogen-bond donors (Lipinski definition) is 5. The van der Waals surface area contributed by atoms with E-state index in [4.69, 9.17) is 18.9 Å². The molecule has 0 aliphatic rings. The molecule has 0 fully saturated rings. The van der Waals surface area contributed by atoms with Crippen molar-refractivity contribution in [2.75, 3.05) is 72.5 Å². The summed E-state index contributed by atoms with van der Waals surface area (Å²) in [6.45, 7) is 5.79. The van der Waals surface area contributed by atoms with Gasteiger partial charge in [-0.3, -0.25) is 19.2 Å². The second-order valence-electron chi connectivity index (χ2n) is 12.5. The Kier molecular flexibility index (Phi) is 33.1. The molecule has 0 aliphatic heterocycles. The maximum absolute atomic E-state index is 12.0. The van der Waals surface area contributed by atoms with Crippen LogP contribution in [0.15, 0.2) is 0 Å². The summed E-state index contributed by atoms with van der Waals surface area (Å²) in [4.78, 5) is 69.9. The molecular formula is C36H66N4O11. The van der Waals surface area contributed by atoms with Crippen LogP contribution in [0.2, 0.25) is 0 Å². The zero-order valence-electron chi connectivity index (χ0n) is 31.2. The van der Waals surface area contributed by atoms with Crippen molar-refractivity contribution in [2.24, 2.45) is 0 Å². The van der Waals surface area contributed by atoms with Crippen LogP contribution in [-0.2, 0) is 47.7 Å². The van der Waals surface area contributed by atoms with Crippen molar-refractivity contribution in [1.29, 1.82) is 0 Å². The molecule has 1 atom stereocenters. The van der Waals surface area contributed by atoms with Gasteiger partial charge < -0.3 is 50.1 Å². The molecule has 0 aliphatic carbocycles. The molecule has 0 rings (SSSR count). The minimum atomic E-state index is -1.23. The fourth-order valence-electron chi connectivity index (χ4n) is 4.77. The Morgan fingerprint density at radius 2 is 0.961 bits per heavy atom. The molecule has 0 bridgehead atoms. The molecule has 0 aromatic heterocycles. The highest BCUT2D eigenvalue weighted by atomic mass is 16.5. The predicted octanol–water partition coefficient (Wildman–Crippen LogP) is 2.82. The van der Waals surface area contributed by atoms with Crippen LogP contribution in [0, 0.1) is 0 Å². The third kappa shape index (κ3) is 35.1. The van der Waals surface area contributed by atoms with Gasteiger partial charge in [-0.25, -0.2) is 4.79 Å². The minimum Gasteiger partial charge on any atom is -0.480 e. The zero-order chi connectivity index (χ0) is 37.8. The van der Waals surface area contributed by atoms with E-state index in [9.17, 15) is 33.9 Å². The molecule has 0 saturated heterocycles. The first kappa shape index (κ1) is 47.9. The molecule has 4 amide bonds. The second kappa shape index (κ2) is 35.3. The average Bonchev–Trinajstić information content (AvgIpc) is 3.09. The minimum absolute atomic E-state index is 0.00976. The van der Waals surface area contributed by atoms with Crippen molar-refractivity contribution >= 4 is 35.4 Å². The van der Waals surface area contributed by atoms with Crippen molar-refractivity contribution in [3.8, 4) is 0 Å². The number of nitrogens with one attached hydrogen (secondary N) is 4. The first-order valence-electron chi connectivity index (χ1n) is 18.8. The van der Waals surface area contributed by atoms with Gasteiger partial charge in [0.15, 0.2) is 0 Å². The number of carbonyl (C=O) groups excluding carboxylic acids is 5. The van der Waals surface area contributed by atoms with Crippen LogP contribution in [0.4, 0.5) is 0 Å². The molecule has 5 N–H and O–H groups in total. The Labute approximate surface area is 304 Å². The molecule has 0 saturated carbocycles. The van der Waals surface area contributed by atoms with Crippen LogP contribution in [0.25, 0.3) is 0 Å². The van der Waals surface area contributed by atoms with Gasteiger partial charge >= 0.3 is 5.97 Å². The second-order valence-corrected chi connectivity index (χ2v) is 12.5. The number of carboxylic acid groups (broad SMARTS) is 1. The third-order valence-corrected chi connectivity index (χ3v) is 7.68. The van der Waals surface area contributed by atoms with E-state index in [1.165, 1.54) is 32.1 Å². The van der Waals surface area contributed by atoms with E-state index in [0.29, 0.717) is 39.1 Å². The molecule has 15 heteroatoms. The molecule has 0 spiro atoms. The molecule has 51 heavy (non-hydrogen) atoms. The van der Waals surface area contributed by atoms with E-state index in [1.54, 1.807) is 6.92 Å². The summed E-state index contributed by atoms with van der Waals surface area (Å²) in [5.41, 5.74) is 0. The summed E-state index contributed by atoms with van der Waals surface area (Å²) < 4.78 is 21.3. The van der Waals surface area contributed by atoms with Gasteiger partial charge in [-0.2, -0.15) is 0 Å². The van der Waals surface area contributed by atoms with Crippen molar-refractivity contribution in [3.63, 3.8) is 0 Å². The van der Waals surface area contributed by atoms with Gasteiger partial charge in [0.2, 0.25) is 23.6 Å². The van der Waals surface area contributed by atoms with Crippen LogP contribution >= 0.6 is 0 Å². The number of amides is 4. The molecule has 0 unspecified atom stereocenters. The number of rotatable bonds is 37.